The second kappa shape index (κ2) is 4.26. The van der Waals surface area contributed by atoms with Crippen molar-refractivity contribution < 1.29 is 4.79 Å². The highest BCUT2D eigenvalue weighted by Gasteiger charge is 2.39. The van der Waals surface area contributed by atoms with Crippen molar-refractivity contribution in [2.45, 2.75) is 51.2 Å². The van der Waals surface area contributed by atoms with Gasteiger partial charge in [-0.1, -0.05) is 0 Å². The molecule has 0 saturated carbocycles. The third-order valence-corrected chi connectivity index (χ3v) is 4.05. The monoisotopic (exact) mass is 233 g/mol. The van der Waals surface area contributed by atoms with Crippen molar-refractivity contribution in [1.82, 2.24) is 14.7 Å². The maximum absolute atomic E-state index is 11.5. The summed E-state index contributed by atoms with van der Waals surface area (Å²) in [5.41, 5.74) is 1.21. The minimum Gasteiger partial charge on any atom is -0.300 e. The Balaban J connectivity index is 1.61. The Labute approximate surface area is 102 Å². The number of ketones is 1. The number of carbonyl (C=O) groups excluding carboxylic acids is 1. The minimum atomic E-state index is 0.462. The van der Waals surface area contributed by atoms with E-state index in [9.17, 15) is 4.79 Å². The summed E-state index contributed by atoms with van der Waals surface area (Å²) >= 11 is 0. The maximum atomic E-state index is 11.5. The molecular formula is C13H19N3O. The van der Waals surface area contributed by atoms with Crippen LogP contribution in [0.4, 0.5) is 0 Å². The van der Waals surface area contributed by atoms with E-state index in [1.807, 2.05) is 10.9 Å². The Morgan fingerprint density at radius 2 is 2.00 bits per heavy atom. The summed E-state index contributed by atoms with van der Waals surface area (Å²) in [5.74, 6) is 0.462. The molecule has 1 aromatic heterocycles. The van der Waals surface area contributed by atoms with Crippen molar-refractivity contribution in [2.75, 3.05) is 6.54 Å². The standard InChI is InChI=1S/C13H19N3O/c1-10-8-14-15(9-10)4-5-16-11-2-3-12(16)7-13(17)6-11/h8-9,11-12H,2-7H2,1H3. The molecular weight excluding hydrogens is 214 g/mol. The van der Waals surface area contributed by atoms with E-state index >= 15 is 0 Å². The van der Waals surface area contributed by atoms with Gasteiger partial charge in [-0.15, -0.1) is 0 Å². The van der Waals surface area contributed by atoms with Crippen molar-refractivity contribution in [3.63, 3.8) is 0 Å². The Bertz CT molecular complexity index is 410. The summed E-state index contributed by atoms with van der Waals surface area (Å²) in [5, 5.41) is 4.31. The van der Waals surface area contributed by atoms with E-state index in [1.54, 1.807) is 0 Å². The first-order valence-electron chi connectivity index (χ1n) is 6.49. The number of piperidine rings is 1. The van der Waals surface area contributed by atoms with Crippen LogP contribution in [0, 0.1) is 6.92 Å². The quantitative estimate of drug-likeness (QED) is 0.791. The molecule has 0 amide bonds. The molecule has 2 fully saturated rings. The Hall–Kier alpha value is -1.16. The number of aryl methyl sites for hydroxylation is 1. The summed E-state index contributed by atoms with van der Waals surface area (Å²) in [7, 11) is 0. The Morgan fingerprint density at radius 1 is 1.29 bits per heavy atom. The molecule has 3 rings (SSSR count). The normalized spacial score (nSPS) is 28.9. The molecule has 1 aromatic rings. The zero-order valence-electron chi connectivity index (χ0n) is 10.3. The van der Waals surface area contributed by atoms with Gasteiger partial charge in [-0.2, -0.15) is 5.10 Å². The van der Waals surface area contributed by atoms with Crippen LogP contribution in [0.3, 0.4) is 0 Å². The van der Waals surface area contributed by atoms with Gasteiger partial charge >= 0.3 is 0 Å². The number of aromatic nitrogens is 2. The third kappa shape index (κ3) is 2.14. The van der Waals surface area contributed by atoms with E-state index in [1.165, 1.54) is 18.4 Å². The van der Waals surface area contributed by atoms with E-state index in [2.05, 4.69) is 23.1 Å². The average Bonchev–Trinajstić information content (AvgIpc) is 2.79. The molecule has 2 saturated heterocycles. The lowest BCUT2D eigenvalue weighted by Crippen LogP contribution is -2.44. The fourth-order valence-corrected chi connectivity index (χ4v) is 3.23. The summed E-state index contributed by atoms with van der Waals surface area (Å²) in [6.07, 6.45) is 7.93. The fraction of sp³-hybridized carbons (Fsp3) is 0.692. The van der Waals surface area contributed by atoms with Crippen LogP contribution in [0.1, 0.15) is 31.2 Å². The lowest BCUT2D eigenvalue weighted by atomic mass is 10.0. The van der Waals surface area contributed by atoms with Crippen molar-refractivity contribution in [1.29, 1.82) is 0 Å². The number of hydrogen-bond acceptors (Lipinski definition) is 3. The van der Waals surface area contributed by atoms with Crippen molar-refractivity contribution in [3.05, 3.63) is 18.0 Å². The van der Waals surface area contributed by atoms with Gasteiger partial charge in [-0.25, -0.2) is 0 Å². The molecule has 2 aliphatic heterocycles. The molecule has 0 spiro atoms. The number of hydrogen-bond donors (Lipinski definition) is 0. The second-order valence-electron chi connectivity index (χ2n) is 5.35. The predicted molar refractivity (Wildman–Crippen MR) is 64.7 cm³/mol. The molecule has 2 aliphatic rings. The summed E-state index contributed by atoms with van der Waals surface area (Å²) in [4.78, 5) is 14.0. The highest BCUT2D eigenvalue weighted by molar-refractivity contribution is 5.80. The van der Waals surface area contributed by atoms with Gasteiger partial charge in [0.1, 0.15) is 5.78 Å². The molecule has 4 nitrogen and oxygen atoms in total. The molecule has 0 aliphatic carbocycles. The molecule has 0 N–H and O–H groups in total. The summed E-state index contributed by atoms with van der Waals surface area (Å²) in [6, 6.07) is 1.02. The molecule has 4 heteroatoms. The van der Waals surface area contributed by atoms with Crippen molar-refractivity contribution in [2.24, 2.45) is 0 Å². The lowest BCUT2D eigenvalue weighted by molar-refractivity contribution is -0.123. The topological polar surface area (TPSA) is 38.1 Å². The van der Waals surface area contributed by atoms with Gasteiger partial charge in [0.25, 0.3) is 0 Å². The van der Waals surface area contributed by atoms with E-state index in [-0.39, 0.29) is 0 Å². The number of Topliss-reactive ketones (excluding diaryl/α,β-unsaturated/α-hetero) is 1. The molecule has 2 unspecified atom stereocenters. The molecule has 2 atom stereocenters. The van der Waals surface area contributed by atoms with Gasteiger partial charge in [0.2, 0.25) is 0 Å². The first-order chi connectivity index (χ1) is 8.22. The van der Waals surface area contributed by atoms with Gasteiger partial charge in [-0.3, -0.25) is 14.4 Å². The molecule has 2 bridgehead atoms. The van der Waals surface area contributed by atoms with Crippen LogP contribution < -0.4 is 0 Å². The molecule has 17 heavy (non-hydrogen) atoms. The second-order valence-corrected chi connectivity index (χ2v) is 5.35. The Kier molecular flexibility index (Phi) is 2.74. The van der Waals surface area contributed by atoms with Crippen molar-refractivity contribution in [3.8, 4) is 0 Å². The maximum Gasteiger partial charge on any atom is 0.136 e. The van der Waals surface area contributed by atoms with Crippen LogP contribution in [0.2, 0.25) is 0 Å². The fourth-order valence-electron chi connectivity index (χ4n) is 3.23. The van der Waals surface area contributed by atoms with E-state index in [0.717, 1.165) is 25.9 Å². The van der Waals surface area contributed by atoms with Crippen LogP contribution in [0.25, 0.3) is 0 Å². The van der Waals surface area contributed by atoms with Gasteiger partial charge < -0.3 is 0 Å². The lowest BCUT2D eigenvalue weighted by Gasteiger charge is -2.33. The number of fused-ring (bicyclic) bond motifs is 2. The van der Waals surface area contributed by atoms with E-state index in [0.29, 0.717) is 17.9 Å². The van der Waals surface area contributed by atoms with Gasteiger partial charge in [0.15, 0.2) is 0 Å². The van der Waals surface area contributed by atoms with Crippen LogP contribution in [0.5, 0.6) is 0 Å². The van der Waals surface area contributed by atoms with Crippen LogP contribution in [-0.4, -0.2) is 39.1 Å². The average molecular weight is 233 g/mol. The van der Waals surface area contributed by atoms with Crippen LogP contribution >= 0.6 is 0 Å². The third-order valence-electron chi connectivity index (χ3n) is 4.05. The first kappa shape index (κ1) is 11.0. The van der Waals surface area contributed by atoms with Crippen molar-refractivity contribution >= 4 is 5.78 Å². The predicted octanol–water partition coefficient (Wildman–Crippen LogP) is 1.39. The smallest absolute Gasteiger partial charge is 0.136 e. The summed E-state index contributed by atoms with van der Waals surface area (Å²) in [6.45, 7) is 4.03. The molecule has 0 radical (unpaired) electrons. The minimum absolute atomic E-state index is 0.462. The SMILES string of the molecule is Cc1cnn(CCN2C3CCC2CC(=O)C3)c1. The largest absolute Gasteiger partial charge is 0.300 e. The van der Waals surface area contributed by atoms with Crippen LogP contribution in [0.15, 0.2) is 12.4 Å². The van der Waals surface area contributed by atoms with E-state index in [4.69, 9.17) is 0 Å². The van der Waals surface area contributed by atoms with Gasteiger partial charge in [0.05, 0.1) is 12.7 Å². The van der Waals surface area contributed by atoms with Crippen LogP contribution in [-0.2, 0) is 11.3 Å². The number of carbonyl (C=O) groups is 1. The summed E-state index contributed by atoms with van der Waals surface area (Å²) < 4.78 is 2.01. The molecule has 0 aromatic carbocycles. The highest BCUT2D eigenvalue weighted by atomic mass is 16.1. The molecule has 92 valence electrons. The zero-order chi connectivity index (χ0) is 11.8. The van der Waals surface area contributed by atoms with E-state index < -0.39 is 0 Å². The zero-order valence-corrected chi connectivity index (χ0v) is 10.3. The molecule has 3 heterocycles. The number of rotatable bonds is 3. The number of nitrogens with zero attached hydrogens (tertiary/aromatic N) is 3. The Morgan fingerprint density at radius 3 is 2.59 bits per heavy atom. The van der Waals surface area contributed by atoms with Gasteiger partial charge in [0, 0.05) is 37.7 Å². The van der Waals surface area contributed by atoms with Gasteiger partial charge in [-0.05, 0) is 25.3 Å². The first-order valence-corrected chi connectivity index (χ1v) is 6.49. The highest BCUT2D eigenvalue weighted by Crippen LogP contribution is 2.33.